The Morgan fingerprint density at radius 1 is 1.08 bits per heavy atom. The molecule has 2 aromatic rings. The first-order chi connectivity index (χ1) is 12.1. The molecule has 2 unspecified atom stereocenters. The maximum Gasteiger partial charge on any atom is 0.319 e. The third-order valence-electron chi connectivity index (χ3n) is 4.19. The number of anilines is 1. The zero-order valence-electron chi connectivity index (χ0n) is 15.0. The molecule has 2 aromatic carbocycles. The molecule has 0 aromatic heterocycles. The fourth-order valence-corrected chi connectivity index (χ4v) is 2.99. The SMILES string of the molecule is CCCc1ccccc1NC(=O)NCC(CC(C)O)c1ccccc1. The summed E-state index contributed by atoms with van der Waals surface area (Å²) in [6.45, 7) is 4.38. The molecule has 4 heteroatoms. The van der Waals surface area contributed by atoms with Gasteiger partial charge in [0, 0.05) is 18.2 Å². The molecule has 0 heterocycles. The molecule has 3 N–H and O–H groups in total. The molecule has 0 bridgehead atoms. The van der Waals surface area contributed by atoms with Crippen molar-refractivity contribution in [3.63, 3.8) is 0 Å². The van der Waals surface area contributed by atoms with Gasteiger partial charge in [-0.3, -0.25) is 0 Å². The Morgan fingerprint density at radius 2 is 1.76 bits per heavy atom. The highest BCUT2D eigenvalue weighted by molar-refractivity contribution is 5.90. The summed E-state index contributed by atoms with van der Waals surface area (Å²) in [7, 11) is 0. The average Bonchev–Trinajstić information content (AvgIpc) is 2.61. The van der Waals surface area contributed by atoms with Crippen LogP contribution in [0, 0.1) is 0 Å². The lowest BCUT2D eigenvalue weighted by Crippen LogP contribution is -2.33. The van der Waals surface area contributed by atoms with E-state index in [0.29, 0.717) is 13.0 Å². The Kier molecular flexibility index (Phi) is 7.48. The molecule has 0 saturated heterocycles. The van der Waals surface area contributed by atoms with Crippen molar-refractivity contribution in [3.8, 4) is 0 Å². The Hall–Kier alpha value is -2.33. The molecule has 4 nitrogen and oxygen atoms in total. The van der Waals surface area contributed by atoms with Crippen LogP contribution in [0.4, 0.5) is 10.5 Å². The van der Waals surface area contributed by atoms with Crippen LogP contribution in [-0.4, -0.2) is 23.8 Å². The lowest BCUT2D eigenvalue weighted by molar-refractivity contribution is 0.173. The summed E-state index contributed by atoms with van der Waals surface area (Å²) in [6.07, 6.45) is 2.16. The van der Waals surface area contributed by atoms with Crippen molar-refractivity contribution < 1.29 is 9.90 Å². The van der Waals surface area contributed by atoms with Crippen molar-refractivity contribution >= 4 is 11.7 Å². The van der Waals surface area contributed by atoms with Crippen molar-refractivity contribution in [2.24, 2.45) is 0 Å². The molecule has 2 rings (SSSR count). The number of hydrogen-bond acceptors (Lipinski definition) is 2. The Bertz CT molecular complexity index is 656. The monoisotopic (exact) mass is 340 g/mol. The summed E-state index contributed by atoms with van der Waals surface area (Å²) in [6, 6.07) is 17.7. The van der Waals surface area contributed by atoms with Crippen LogP contribution >= 0.6 is 0 Å². The van der Waals surface area contributed by atoms with Crippen molar-refractivity contribution in [3.05, 3.63) is 65.7 Å². The molecule has 0 spiro atoms. The third kappa shape index (κ3) is 6.24. The number of aliphatic hydroxyl groups is 1. The first-order valence-corrected chi connectivity index (χ1v) is 8.96. The lowest BCUT2D eigenvalue weighted by Gasteiger charge is -2.20. The average molecular weight is 340 g/mol. The van der Waals surface area contributed by atoms with E-state index < -0.39 is 6.10 Å². The first kappa shape index (κ1) is 19.0. The summed E-state index contributed by atoms with van der Waals surface area (Å²) in [5.41, 5.74) is 3.12. The predicted molar refractivity (Wildman–Crippen MR) is 103 cm³/mol. The standard InChI is InChI=1S/C21H28N2O2/c1-3-9-18-12-7-8-13-20(18)23-21(25)22-15-19(14-16(2)24)17-10-5-4-6-11-17/h4-8,10-13,16,19,24H,3,9,14-15H2,1-2H3,(H2,22,23,25). The summed E-state index contributed by atoms with van der Waals surface area (Å²) in [4.78, 5) is 12.3. The predicted octanol–water partition coefficient (Wildman–Crippen LogP) is 4.32. The van der Waals surface area contributed by atoms with Gasteiger partial charge < -0.3 is 15.7 Å². The first-order valence-electron chi connectivity index (χ1n) is 8.96. The second-order valence-corrected chi connectivity index (χ2v) is 6.43. The molecule has 2 atom stereocenters. The minimum Gasteiger partial charge on any atom is -0.393 e. The van der Waals surface area contributed by atoms with Crippen LogP contribution in [0.1, 0.15) is 43.7 Å². The minimum absolute atomic E-state index is 0.0813. The van der Waals surface area contributed by atoms with Gasteiger partial charge in [-0.05, 0) is 37.0 Å². The highest BCUT2D eigenvalue weighted by Crippen LogP contribution is 2.21. The van der Waals surface area contributed by atoms with E-state index in [-0.39, 0.29) is 11.9 Å². The van der Waals surface area contributed by atoms with E-state index in [2.05, 4.69) is 17.6 Å². The lowest BCUT2D eigenvalue weighted by atomic mass is 9.93. The van der Waals surface area contributed by atoms with Gasteiger partial charge in [-0.1, -0.05) is 61.9 Å². The Morgan fingerprint density at radius 3 is 2.44 bits per heavy atom. The molecule has 2 amide bonds. The van der Waals surface area contributed by atoms with Crippen molar-refractivity contribution in [1.82, 2.24) is 5.32 Å². The fourth-order valence-electron chi connectivity index (χ4n) is 2.99. The van der Waals surface area contributed by atoms with Crippen molar-refractivity contribution in [2.45, 2.75) is 45.1 Å². The second kappa shape index (κ2) is 9.84. The number of rotatable bonds is 8. The van der Waals surface area contributed by atoms with E-state index in [1.807, 2.05) is 54.6 Å². The van der Waals surface area contributed by atoms with Crippen LogP contribution in [0.15, 0.2) is 54.6 Å². The largest absolute Gasteiger partial charge is 0.393 e. The molecule has 0 aliphatic carbocycles. The summed E-state index contributed by atoms with van der Waals surface area (Å²) in [5.74, 6) is 0.0813. The smallest absolute Gasteiger partial charge is 0.319 e. The normalized spacial score (nSPS) is 13.1. The van der Waals surface area contributed by atoms with Crippen molar-refractivity contribution in [1.29, 1.82) is 0 Å². The van der Waals surface area contributed by atoms with Crippen LogP contribution in [0.3, 0.4) is 0 Å². The minimum atomic E-state index is -0.416. The summed E-state index contributed by atoms with van der Waals surface area (Å²) < 4.78 is 0. The van der Waals surface area contributed by atoms with Crippen LogP contribution in [0.25, 0.3) is 0 Å². The van der Waals surface area contributed by atoms with E-state index in [4.69, 9.17) is 0 Å². The van der Waals surface area contributed by atoms with E-state index >= 15 is 0 Å². The molecule has 0 fully saturated rings. The maximum absolute atomic E-state index is 12.3. The molecule has 0 aliphatic rings. The molecule has 0 radical (unpaired) electrons. The second-order valence-electron chi connectivity index (χ2n) is 6.43. The number of aliphatic hydroxyl groups excluding tert-OH is 1. The summed E-state index contributed by atoms with van der Waals surface area (Å²) >= 11 is 0. The number of nitrogens with one attached hydrogen (secondary N) is 2. The number of carbonyl (C=O) groups excluding carboxylic acids is 1. The molecular formula is C21H28N2O2. The van der Waals surface area contributed by atoms with Crippen LogP contribution in [-0.2, 0) is 6.42 Å². The van der Waals surface area contributed by atoms with Crippen LogP contribution < -0.4 is 10.6 Å². The molecular weight excluding hydrogens is 312 g/mol. The number of carbonyl (C=O) groups is 1. The van der Waals surface area contributed by atoms with Gasteiger partial charge in [0.05, 0.1) is 6.10 Å². The van der Waals surface area contributed by atoms with E-state index in [1.165, 1.54) is 0 Å². The van der Waals surface area contributed by atoms with E-state index in [9.17, 15) is 9.90 Å². The third-order valence-corrected chi connectivity index (χ3v) is 4.19. The molecule has 0 aliphatic heterocycles. The Balaban J connectivity index is 1.97. The van der Waals surface area contributed by atoms with Gasteiger partial charge in [0.15, 0.2) is 0 Å². The van der Waals surface area contributed by atoms with Crippen molar-refractivity contribution in [2.75, 3.05) is 11.9 Å². The number of hydrogen-bond donors (Lipinski definition) is 3. The quantitative estimate of drug-likeness (QED) is 0.670. The number of amides is 2. The zero-order valence-corrected chi connectivity index (χ0v) is 15.0. The number of aryl methyl sites for hydroxylation is 1. The topological polar surface area (TPSA) is 61.4 Å². The molecule has 134 valence electrons. The van der Waals surface area contributed by atoms with Gasteiger partial charge in [0.1, 0.15) is 0 Å². The number of para-hydroxylation sites is 1. The van der Waals surface area contributed by atoms with Gasteiger partial charge in [-0.25, -0.2) is 4.79 Å². The van der Waals surface area contributed by atoms with Crippen LogP contribution in [0.5, 0.6) is 0 Å². The van der Waals surface area contributed by atoms with E-state index in [0.717, 1.165) is 29.7 Å². The maximum atomic E-state index is 12.3. The van der Waals surface area contributed by atoms with Gasteiger partial charge in [0.25, 0.3) is 0 Å². The summed E-state index contributed by atoms with van der Waals surface area (Å²) in [5, 5.41) is 15.6. The highest BCUT2D eigenvalue weighted by Gasteiger charge is 2.15. The van der Waals surface area contributed by atoms with Gasteiger partial charge in [-0.2, -0.15) is 0 Å². The zero-order chi connectivity index (χ0) is 18.1. The van der Waals surface area contributed by atoms with E-state index in [1.54, 1.807) is 6.92 Å². The number of benzene rings is 2. The molecule has 25 heavy (non-hydrogen) atoms. The Labute approximate surface area is 150 Å². The van der Waals surface area contributed by atoms with Gasteiger partial charge in [-0.15, -0.1) is 0 Å². The highest BCUT2D eigenvalue weighted by atomic mass is 16.3. The number of urea groups is 1. The van der Waals surface area contributed by atoms with Gasteiger partial charge in [0.2, 0.25) is 0 Å². The van der Waals surface area contributed by atoms with Crippen LogP contribution in [0.2, 0.25) is 0 Å². The van der Waals surface area contributed by atoms with Gasteiger partial charge >= 0.3 is 6.03 Å². The molecule has 0 saturated carbocycles. The fraction of sp³-hybridized carbons (Fsp3) is 0.381.